The van der Waals surface area contributed by atoms with E-state index >= 15 is 0 Å². The maximum atomic E-state index is 6.30. The van der Waals surface area contributed by atoms with Crippen molar-refractivity contribution in [2.24, 2.45) is 11.7 Å². The molecule has 1 aromatic carbocycles. The molecule has 2 rings (SSSR count). The predicted octanol–water partition coefficient (Wildman–Crippen LogP) is 4.12. The molecule has 0 heterocycles. The number of rotatable bonds is 5. The molecule has 0 aliphatic heterocycles. The monoisotopic (exact) mass is 300 g/mol. The quantitative estimate of drug-likeness (QED) is 0.886. The van der Waals surface area contributed by atoms with E-state index < -0.39 is 0 Å². The lowest BCUT2D eigenvalue weighted by Gasteiger charge is -2.30. The summed E-state index contributed by atoms with van der Waals surface area (Å²) in [4.78, 5) is 2.31. The third-order valence-electron chi connectivity index (χ3n) is 4.11. The highest BCUT2D eigenvalue weighted by molar-refractivity contribution is 6.36. The Hall–Kier alpha value is -0.280. The van der Waals surface area contributed by atoms with Crippen LogP contribution in [0.4, 0.5) is 0 Å². The lowest BCUT2D eigenvalue weighted by molar-refractivity contribution is 0.212. The number of nitrogens with two attached hydrogens (primary N) is 1. The Balaban J connectivity index is 2.14. The molecule has 0 saturated heterocycles. The predicted molar refractivity (Wildman–Crippen MR) is 82.8 cm³/mol. The first-order valence-corrected chi connectivity index (χ1v) is 7.73. The average Bonchev–Trinajstić information content (AvgIpc) is 2.86. The summed E-state index contributed by atoms with van der Waals surface area (Å²) < 4.78 is 0. The van der Waals surface area contributed by atoms with Crippen molar-refractivity contribution < 1.29 is 0 Å². The van der Waals surface area contributed by atoms with E-state index in [0.717, 1.165) is 18.0 Å². The van der Waals surface area contributed by atoms with E-state index in [0.29, 0.717) is 16.6 Å². The van der Waals surface area contributed by atoms with Crippen LogP contribution in [0.1, 0.15) is 37.3 Å². The van der Waals surface area contributed by atoms with Crippen LogP contribution in [0, 0.1) is 5.92 Å². The largest absolute Gasteiger partial charge is 0.329 e. The first-order chi connectivity index (χ1) is 9.13. The summed E-state index contributed by atoms with van der Waals surface area (Å²) in [5, 5.41) is 1.42. The number of benzene rings is 1. The van der Waals surface area contributed by atoms with E-state index in [9.17, 15) is 0 Å². The Morgan fingerprint density at radius 3 is 2.37 bits per heavy atom. The van der Waals surface area contributed by atoms with Gasteiger partial charge in [-0.25, -0.2) is 0 Å². The van der Waals surface area contributed by atoms with Crippen LogP contribution in [0.3, 0.4) is 0 Å². The molecular weight excluding hydrogens is 279 g/mol. The second-order valence-electron chi connectivity index (χ2n) is 5.48. The van der Waals surface area contributed by atoms with Gasteiger partial charge in [0.05, 0.1) is 0 Å². The van der Waals surface area contributed by atoms with Crippen LogP contribution in [-0.4, -0.2) is 25.0 Å². The van der Waals surface area contributed by atoms with Crippen molar-refractivity contribution in [3.05, 3.63) is 33.8 Å². The van der Waals surface area contributed by atoms with Gasteiger partial charge in [-0.15, -0.1) is 0 Å². The molecule has 2 N–H and O–H groups in total. The van der Waals surface area contributed by atoms with Crippen molar-refractivity contribution in [1.29, 1.82) is 0 Å². The Kier molecular flexibility index (Phi) is 5.52. The highest BCUT2D eigenvalue weighted by atomic mass is 35.5. The van der Waals surface area contributed by atoms with E-state index in [1.165, 1.54) is 25.7 Å². The molecule has 0 spiro atoms. The van der Waals surface area contributed by atoms with Crippen molar-refractivity contribution in [3.63, 3.8) is 0 Å². The van der Waals surface area contributed by atoms with Gasteiger partial charge in [-0.3, -0.25) is 4.90 Å². The van der Waals surface area contributed by atoms with Crippen LogP contribution in [0.5, 0.6) is 0 Å². The molecule has 0 amide bonds. The van der Waals surface area contributed by atoms with Crippen LogP contribution in [0.15, 0.2) is 18.2 Å². The zero-order valence-corrected chi connectivity index (χ0v) is 12.9. The Morgan fingerprint density at radius 1 is 1.26 bits per heavy atom. The topological polar surface area (TPSA) is 29.3 Å². The van der Waals surface area contributed by atoms with Gasteiger partial charge in [0.2, 0.25) is 0 Å². The minimum Gasteiger partial charge on any atom is -0.329 e. The molecule has 0 aromatic heterocycles. The molecule has 1 fully saturated rings. The third kappa shape index (κ3) is 3.63. The lowest BCUT2D eigenvalue weighted by atomic mass is 10.0. The SMILES string of the molecule is CN(CC1CCCC1)C(CN)c1c(Cl)cccc1Cl. The first kappa shape index (κ1) is 15.1. The Labute approximate surface area is 125 Å². The summed E-state index contributed by atoms with van der Waals surface area (Å²) in [5.41, 5.74) is 6.93. The van der Waals surface area contributed by atoms with Gasteiger partial charge in [0.1, 0.15) is 0 Å². The molecule has 1 aromatic rings. The fraction of sp³-hybridized carbons (Fsp3) is 0.600. The molecule has 0 bridgehead atoms. The summed E-state index contributed by atoms with van der Waals surface area (Å²) in [6, 6.07) is 5.74. The highest BCUT2D eigenvalue weighted by Crippen LogP contribution is 2.34. The normalized spacial score (nSPS) is 18.2. The molecule has 1 unspecified atom stereocenters. The van der Waals surface area contributed by atoms with Gasteiger partial charge in [0, 0.05) is 34.7 Å². The minimum absolute atomic E-state index is 0.0989. The molecule has 0 radical (unpaired) electrons. The number of hydrogen-bond donors (Lipinski definition) is 1. The number of halogens is 2. The van der Waals surface area contributed by atoms with Gasteiger partial charge < -0.3 is 5.73 Å². The fourth-order valence-corrected chi connectivity index (χ4v) is 3.72. The van der Waals surface area contributed by atoms with E-state index in [1.807, 2.05) is 18.2 Å². The Bertz CT molecular complexity index is 396. The molecule has 1 aliphatic carbocycles. The second-order valence-corrected chi connectivity index (χ2v) is 6.29. The zero-order chi connectivity index (χ0) is 13.8. The van der Waals surface area contributed by atoms with E-state index in [2.05, 4.69) is 11.9 Å². The summed E-state index contributed by atoms with van der Waals surface area (Å²) >= 11 is 12.6. The lowest BCUT2D eigenvalue weighted by Crippen LogP contribution is -2.34. The van der Waals surface area contributed by atoms with Gasteiger partial charge >= 0.3 is 0 Å². The summed E-state index contributed by atoms with van der Waals surface area (Å²) in [6.45, 7) is 1.61. The fourth-order valence-electron chi connectivity index (χ4n) is 3.07. The maximum Gasteiger partial charge on any atom is 0.0497 e. The van der Waals surface area contributed by atoms with Crippen molar-refractivity contribution in [3.8, 4) is 0 Å². The minimum atomic E-state index is 0.0989. The van der Waals surface area contributed by atoms with Crippen molar-refractivity contribution in [2.75, 3.05) is 20.1 Å². The Morgan fingerprint density at radius 2 is 1.84 bits per heavy atom. The number of nitrogens with zero attached hydrogens (tertiary/aromatic N) is 1. The van der Waals surface area contributed by atoms with Gasteiger partial charge in [0.15, 0.2) is 0 Å². The molecule has 1 aliphatic rings. The number of hydrogen-bond acceptors (Lipinski definition) is 2. The molecular formula is C15H22Cl2N2. The van der Waals surface area contributed by atoms with Crippen LogP contribution in [0.2, 0.25) is 10.0 Å². The van der Waals surface area contributed by atoms with Gasteiger partial charge in [-0.2, -0.15) is 0 Å². The molecule has 1 saturated carbocycles. The molecule has 1 atom stereocenters. The smallest absolute Gasteiger partial charge is 0.0497 e. The summed E-state index contributed by atoms with van der Waals surface area (Å²) in [7, 11) is 2.12. The molecule has 4 heteroatoms. The van der Waals surface area contributed by atoms with Crippen molar-refractivity contribution in [1.82, 2.24) is 4.90 Å². The van der Waals surface area contributed by atoms with E-state index in [1.54, 1.807) is 0 Å². The van der Waals surface area contributed by atoms with Crippen LogP contribution < -0.4 is 5.73 Å². The average molecular weight is 301 g/mol. The summed E-state index contributed by atoms with van der Waals surface area (Å²) in [6.07, 6.45) is 5.38. The third-order valence-corrected chi connectivity index (χ3v) is 4.77. The summed E-state index contributed by atoms with van der Waals surface area (Å²) in [5.74, 6) is 0.792. The second kappa shape index (κ2) is 6.94. The molecule has 2 nitrogen and oxygen atoms in total. The van der Waals surface area contributed by atoms with Crippen LogP contribution in [-0.2, 0) is 0 Å². The van der Waals surface area contributed by atoms with Crippen LogP contribution in [0.25, 0.3) is 0 Å². The number of likely N-dealkylation sites (N-methyl/N-ethyl adjacent to an activating group) is 1. The van der Waals surface area contributed by atoms with Gasteiger partial charge in [-0.1, -0.05) is 42.1 Å². The van der Waals surface area contributed by atoms with Gasteiger partial charge in [0.25, 0.3) is 0 Å². The zero-order valence-electron chi connectivity index (χ0n) is 11.4. The van der Waals surface area contributed by atoms with Gasteiger partial charge in [-0.05, 0) is 37.9 Å². The van der Waals surface area contributed by atoms with E-state index in [-0.39, 0.29) is 6.04 Å². The molecule has 106 valence electrons. The maximum absolute atomic E-state index is 6.30. The standard InChI is InChI=1S/C15H22Cl2N2/c1-19(10-11-5-2-3-6-11)14(9-18)15-12(16)7-4-8-13(15)17/h4,7-8,11,14H,2-3,5-6,9-10,18H2,1H3. The molecule has 19 heavy (non-hydrogen) atoms. The first-order valence-electron chi connectivity index (χ1n) is 6.97. The highest BCUT2D eigenvalue weighted by Gasteiger charge is 2.24. The van der Waals surface area contributed by atoms with Crippen molar-refractivity contribution in [2.45, 2.75) is 31.7 Å². The van der Waals surface area contributed by atoms with E-state index in [4.69, 9.17) is 28.9 Å². The van der Waals surface area contributed by atoms with Crippen molar-refractivity contribution >= 4 is 23.2 Å². The van der Waals surface area contributed by atoms with Crippen LogP contribution >= 0.6 is 23.2 Å².